The quantitative estimate of drug-likeness (QED) is 0.548. The number of rotatable bonds is 9. The molecule has 0 aliphatic rings. The van der Waals surface area contributed by atoms with E-state index in [9.17, 15) is 4.39 Å². The predicted octanol–water partition coefficient (Wildman–Crippen LogP) is 4.81. The number of halogens is 1. The van der Waals surface area contributed by atoms with Crippen molar-refractivity contribution in [2.24, 2.45) is 0 Å². The van der Waals surface area contributed by atoms with Crippen LogP contribution in [0.4, 0.5) is 4.39 Å². The van der Waals surface area contributed by atoms with Crippen molar-refractivity contribution in [2.45, 2.75) is 19.6 Å². The summed E-state index contributed by atoms with van der Waals surface area (Å²) in [5.41, 5.74) is 1.83. The maximum Gasteiger partial charge on any atom is 0.161 e. The Morgan fingerprint density at radius 1 is 1.04 bits per heavy atom. The fraction of sp³-hybridized carbons (Fsp3) is 0.238. The predicted molar refractivity (Wildman–Crippen MR) is 103 cm³/mol. The van der Waals surface area contributed by atoms with Crippen molar-refractivity contribution in [1.29, 1.82) is 0 Å². The highest BCUT2D eigenvalue weighted by molar-refractivity contribution is 7.09. The van der Waals surface area contributed by atoms with E-state index in [0.717, 1.165) is 22.6 Å². The number of ether oxygens (including phenoxy) is 2. The fourth-order valence-corrected chi connectivity index (χ4v) is 3.26. The van der Waals surface area contributed by atoms with Gasteiger partial charge in [-0.15, -0.1) is 11.3 Å². The SMILES string of the molecule is COc1cc(CNCCc2ccccc2F)ccc1OCc1cccs1. The second kappa shape index (κ2) is 9.36. The molecule has 0 radical (unpaired) electrons. The molecule has 3 nitrogen and oxygen atoms in total. The van der Waals surface area contributed by atoms with Gasteiger partial charge in [-0.25, -0.2) is 4.39 Å². The monoisotopic (exact) mass is 371 g/mol. The van der Waals surface area contributed by atoms with E-state index < -0.39 is 0 Å². The average Bonchev–Trinajstić information content (AvgIpc) is 3.19. The summed E-state index contributed by atoms with van der Waals surface area (Å²) in [6.45, 7) is 1.93. The molecule has 26 heavy (non-hydrogen) atoms. The largest absolute Gasteiger partial charge is 0.493 e. The van der Waals surface area contributed by atoms with Crippen LogP contribution in [0, 0.1) is 5.82 Å². The Labute approximate surface area is 157 Å². The van der Waals surface area contributed by atoms with Gasteiger partial charge in [0.15, 0.2) is 11.5 Å². The van der Waals surface area contributed by atoms with Crippen molar-refractivity contribution in [3.8, 4) is 11.5 Å². The molecule has 0 atom stereocenters. The normalized spacial score (nSPS) is 10.7. The summed E-state index contributed by atoms with van der Waals surface area (Å²) in [4.78, 5) is 1.17. The lowest BCUT2D eigenvalue weighted by Crippen LogP contribution is -2.17. The topological polar surface area (TPSA) is 30.5 Å². The molecule has 0 fully saturated rings. The van der Waals surface area contributed by atoms with Crippen LogP contribution in [0.5, 0.6) is 11.5 Å². The number of methoxy groups -OCH3 is 1. The first kappa shape index (κ1) is 18.4. The summed E-state index contributed by atoms with van der Waals surface area (Å²) in [6, 6.07) is 16.9. The Morgan fingerprint density at radius 3 is 2.69 bits per heavy atom. The van der Waals surface area contributed by atoms with Crippen molar-refractivity contribution in [2.75, 3.05) is 13.7 Å². The van der Waals surface area contributed by atoms with Crippen LogP contribution in [-0.2, 0) is 19.6 Å². The van der Waals surface area contributed by atoms with Gasteiger partial charge < -0.3 is 14.8 Å². The highest BCUT2D eigenvalue weighted by Crippen LogP contribution is 2.29. The summed E-state index contributed by atoms with van der Waals surface area (Å²) < 4.78 is 24.9. The number of nitrogens with one attached hydrogen (secondary N) is 1. The minimum Gasteiger partial charge on any atom is -0.493 e. The first-order valence-electron chi connectivity index (χ1n) is 8.52. The average molecular weight is 371 g/mol. The Hall–Kier alpha value is -2.37. The Kier molecular flexibility index (Phi) is 6.63. The van der Waals surface area contributed by atoms with Crippen LogP contribution < -0.4 is 14.8 Å². The number of hydrogen-bond donors (Lipinski definition) is 1. The molecule has 1 aromatic heterocycles. The molecule has 0 spiro atoms. The van der Waals surface area contributed by atoms with Crippen LogP contribution in [0.25, 0.3) is 0 Å². The zero-order valence-corrected chi connectivity index (χ0v) is 15.5. The summed E-state index contributed by atoms with van der Waals surface area (Å²) in [5.74, 6) is 1.30. The summed E-state index contributed by atoms with van der Waals surface area (Å²) >= 11 is 1.67. The zero-order chi connectivity index (χ0) is 18.2. The minimum atomic E-state index is -0.150. The van der Waals surface area contributed by atoms with Gasteiger partial charge in [0.1, 0.15) is 12.4 Å². The first-order chi connectivity index (χ1) is 12.8. The van der Waals surface area contributed by atoms with Crippen molar-refractivity contribution in [1.82, 2.24) is 5.32 Å². The second-order valence-electron chi connectivity index (χ2n) is 5.87. The van der Waals surface area contributed by atoms with Crippen molar-refractivity contribution in [3.05, 3.63) is 81.8 Å². The van der Waals surface area contributed by atoms with E-state index in [2.05, 4.69) is 5.32 Å². The molecular weight excluding hydrogens is 349 g/mol. The summed E-state index contributed by atoms with van der Waals surface area (Å²) in [6.07, 6.45) is 0.659. The molecule has 1 heterocycles. The van der Waals surface area contributed by atoms with Crippen molar-refractivity contribution < 1.29 is 13.9 Å². The van der Waals surface area contributed by atoms with E-state index >= 15 is 0 Å². The number of thiophene rings is 1. The van der Waals surface area contributed by atoms with Crippen LogP contribution in [-0.4, -0.2) is 13.7 Å². The van der Waals surface area contributed by atoms with E-state index in [0.29, 0.717) is 26.1 Å². The molecule has 136 valence electrons. The first-order valence-corrected chi connectivity index (χ1v) is 9.40. The molecule has 2 aromatic carbocycles. The van der Waals surface area contributed by atoms with Gasteiger partial charge in [0.2, 0.25) is 0 Å². The highest BCUT2D eigenvalue weighted by Gasteiger charge is 2.07. The van der Waals surface area contributed by atoms with Crippen LogP contribution in [0.1, 0.15) is 16.0 Å². The van der Waals surface area contributed by atoms with E-state index in [1.165, 1.54) is 10.9 Å². The maximum atomic E-state index is 13.6. The van der Waals surface area contributed by atoms with E-state index in [-0.39, 0.29) is 5.82 Å². The molecule has 0 saturated carbocycles. The van der Waals surface area contributed by atoms with Gasteiger partial charge >= 0.3 is 0 Å². The highest BCUT2D eigenvalue weighted by atomic mass is 32.1. The lowest BCUT2D eigenvalue weighted by Gasteiger charge is -2.12. The standard InChI is InChI=1S/C21H22FNO2S/c1-24-21-13-16(8-9-20(21)25-15-18-6-4-12-26-18)14-23-11-10-17-5-2-3-7-19(17)22/h2-9,12-13,23H,10-11,14-15H2,1H3. The van der Waals surface area contributed by atoms with Crippen molar-refractivity contribution >= 4 is 11.3 Å². The molecule has 0 aliphatic carbocycles. The molecule has 3 aromatic rings. The molecule has 3 rings (SSSR count). The van der Waals surface area contributed by atoms with E-state index in [4.69, 9.17) is 9.47 Å². The zero-order valence-electron chi connectivity index (χ0n) is 14.7. The van der Waals surface area contributed by atoms with Gasteiger partial charge in [0, 0.05) is 11.4 Å². The van der Waals surface area contributed by atoms with Crippen LogP contribution in [0.15, 0.2) is 60.0 Å². The summed E-state index contributed by atoms with van der Waals surface area (Å²) in [5, 5.41) is 5.37. The third kappa shape index (κ3) is 5.07. The summed E-state index contributed by atoms with van der Waals surface area (Å²) in [7, 11) is 1.64. The van der Waals surface area contributed by atoms with Gasteiger partial charge in [-0.1, -0.05) is 30.3 Å². The van der Waals surface area contributed by atoms with Gasteiger partial charge in [0.25, 0.3) is 0 Å². The Bertz CT molecular complexity index is 821. The van der Waals surface area contributed by atoms with Gasteiger partial charge in [-0.2, -0.15) is 0 Å². The smallest absolute Gasteiger partial charge is 0.161 e. The van der Waals surface area contributed by atoms with E-state index in [1.807, 2.05) is 47.8 Å². The molecular formula is C21H22FNO2S. The lowest BCUT2D eigenvalue weighted by molar-refractivity contribution is 0.287. The minimum absolute atomic E-state index is 0.150. The molecule has 5 heteroatoms. The van der Waals surface area contributed by atoms with Crippen LogP contribution in [0.3, 0.4) is 0 Å². The number of hydrogen-bond acceptors (Lipinski definition) is 4. The second-order valence-corrected chi connectivity index (χ2v) is 6.90. The third-order valence-corrected chi connectivity index (χ3v) is 4.89. The molecule has 0 saturated heterocycles. The van der Waals surface area contributed by atoms with E-state index in [1.54, 1.807) is 24.5 Å². The lowest BCUT2D eigenvalue weighted by atomic mass is 10.1. The van der Waals surface area contributed by atoms with Gasteiger partial charge in [0.05, 0.1) is 7.11 Å². The van der Waals surface area contributed by atoms with Gasteiger partial charge in [-0.05, 0) is 53.7 Å². The third-order valence-electron chi connectivity index (χ3n) is 4.04. The molecule has 1 N–H and O–H groups in total. The number of benzene rings is 2. The Balaban J connectivity index is 1.51. The van der Waals surface area contributed by atoms with Crippen molar-refractivity contribution in [3.63, 3.8) is 0 Å². The van der Waals surface area contributed by atoms with Crippen LogP contribution >= 0.6 is 11.3 Å². The van der Waals surface area contributed by atoms with Crippen LogP contribution in [0.2, 0.25) is 0 Å². The molecule has 0 bridgehead atoms. The molecule has 0 amide bonds. The fourth-order valence-electron chi connectivity index (χ4n) is 2.64. The Morgan fingerprint density at radius 2 is 1.92 bits per heavy atom. The van der Waals surface area contributed by atoms with Gasteiger partial charge in [-0.3, -0.25) is 0 Å². The molecule has 0 aliphatic heterocycles. The maximum absolute atomic E-state index is 13.6. The molecule has 0 unspecified atom stereocenters.